The van der Waals surface area contributed by atoms with Gasteiger partial charge in [0.05, 0.1) is 14.1 Å². The Morgan fingerprint density at radius 3 is 2.11 bits per heavy atom. The van der Waals surface area contributed by atoms with Crippen LogP contribution in [0.15, 0.2) is 18.2 Å². The number of hydrogen-bond acceptors (Lipinski definition) is 5. The van der Waals surface area contributed by atoms with Crippen molar-refractivity contribution in [2.24, 2.45) is 0 Å². The number of hydrogen-bond donors (Lipinski definition) is 2. The highest BCUT2D eigenvalue weighted by molar-refractivity contribution is 7.89. The quantitative estimate of drug-likeness (QED) is 0.352. The first-order valence-electron chi connectivity index (χ1n) is 4.83. The van der Waals surface area contributed by atoms with E-state index in [1.807, 2.05) is 0 Å². The molecule has 0 radical (unpaired) electrons. The molecule has 0 aliphatic heterocycles. The lowest BCUT2D eigenvalue weighted by atomic mass is 10.2. The summed E-state index contributed by atoms with van der Waals surface area (Å²) in [6, 6.07) is 4.67. The topological polar surface area (TPSA) is 121 Å². The number of quaternary nitrogens is 1. The van der Waals surface area contributed by atoms with Gasteiger partial charge < -0.3 is 10.3 Å². The summed E-state index contributed by atoms with van der Waals surface area (Å²) in [6.45, 7) is 1.66. The van der Waals surface area contributed by atoms with Crippen LogP contribution in [0.25, 0.3) is 0 Å². The average Bonchev–Trinajstić information content (AvgIpc) is 2.25. The third-order valence-electron chi connectivity index (χ3n) is 2.22. The lowest BCUT2D eigenvalue weighted by molar-refractivity contribution is -0.627. The molecule has 1 unspecified atom stereocenters. The molecule has 0 bridgehead atoms. The molecule has 7 nitrogen and oxygen atoms in total. The van der Waals surface area contributed by atoms with Crippen LogP contribution >= 0.6 is 0 Å². The maximum Gasteiger partial charge on any atom is 0.444 e. The van der Waals surface area contributed by atoms with E-state index in [4.69, 9.17) is 10.3 Å². The molecule has 0 amide bonds. The second kappa shape index (κ2) is 6.39. The van der Waals surface area contributed by atoms with Crippen LogP contribution in [0.5, 0.6) is 0 Å². The zero-order valence-corrected chi connectivity index (χ0v) is 12.2. The first kappa shape index (κ1) is 17.9. The fourth-order valence-corrected chi connectivity index (χ4v) is 1.32. The van der Waals surface area contributed by atoms with Gasteiger partial charge in [-0.25, -0.2) is 13.2 Å². The molecule has 1 aromatic rings. The summed E-state index contributed by atoms with van der Waals surface area (Å²) in [5, 5.41) is 0. The summed E-state index contributed by atoms with van der Waals surface area (Å²) >= 11 is -2.90. The highest BCUT2D eigenvalue weighted by atomic mass is 32.3. The molecule has 1 aromatic carbocycles. The molecule has 10 heteroatoms. The minimum absolute atomic E-state index is 0.241. The Morgan fingerprint density at radius 2 is 1.89 bits per heavy atom. The molecular formula is C9H15FN2O5S2. The van der Waals surface area contributed by atoms with E-state index in [0.717, 1.165) is 14.1 Å². The van der Waals surface area contributed by atoms with Gasteiger partial charge in [0.2, 0.25) is 0 Å². The summed E-state index contributed by atoms with van der Waals surface area (Å²) in [4.78, 5) is 0. The van der Waals surface area contributed by atoms with E-state index in [2.05, 4.69) is 0 Å². The first-order chi connectivity index (χ1) is 8.41. The highest BCUT2D eigenvalue weighted by Crippen LogP contribution is 2.12. The Kier molecular flexibility index (Phi) is 6.03. The second-order valence-electron chi connectivity index (χ2n) is 3.87. The standard InChI is InChI=1S/C7H8FN.C2H7NO5S2/c1-5-6(8)3-2-4-7(5)9;1-3(2,9(4)5)10(6,7)8/h2-4H,9H2,1H3;1-2H3,(H-,4,5,6,7,8). The molecule has 0 aliphatic rings. The van der Waals surface area contributed by atoms with Crippen molar-refractivity contribution in [2.45, 2.75) is 6.92 Å². The fourth-order valence-electron chi connectivity index (χ4n) is 0.701. The van der Waals surface area contributed by atoms with Crippen LogP contribution in [0.3, 0.4) is 0 Å². The number of nitrogen functional groups attached to an aromatic ring is 1. The third-order valence-corrected chi connectivity index (χ3v) is 4.98. The van der Waals surface area contributed by atoms with Gasteiger partial charge in [-0.2, -0.15) is 0 Å². The van der Waals surface area contributed by atoms with Gasteiger partial charge in [0.25, 0.3) is 0 Å². The number of rotatable bonds is 2. The molecule has 0 aliphatic carbocycles. The number of benzene rings is 1. The van der Waals surface area contributed by atoms with Crippen LogP contribution in [0.2, 0.25) is 0 Å². The molecule has 1 atom stereocenters. The summed E-state index contributed by atoms with van der Waals surface area (Å²) in [5.41, 5.74) is 6.42. The Morgan fingerprint density at radius 1 is 1.42 bits per heavy atom. The van der Waals surface area contributed by atoms with Crippen LogP contribution in [-0.4, -0.2) is 39.1 Å². The average molecular weight is 314 g/mol. The van der Waals surface area contributed by atoms with Gasteiger partial charge in [0.15, 0.2) is 11.3 Å². The van der Waals surface area contributed by atoms with Gasteiger partial charge in [-0.05, 0) is 19.1 Å². The van der Waals surface area contributed by atoms with E-state index in [0.29, 0.717) is 11.3 Å². The molecule has 110 valence electrons. The van der Waals surface area contributed by atoms with Crippen molar-refractivity contribution in [1.82, 2.24) is 0 Å². The minimum atomic E-state index is -4.58. The monoisotopic (exact) mass is 314 g/mol. The Bertz CT molecular complexity index is 554. The van der Waals surface area contributed by atoms with Crippen LogP contribution in [0, 0.1) is 12.7 Å². The van der Waals surface area contributed by atoms with Gasteiger partial charge in [0.1, 0.15) is 5.82 Å². The fraction of sp³-hybridized carbons (Fsp3) is 0.333. The number of anilines is 1. The van der Waals surface area contributed by atoms with E-state index in [1.165, 1.54) is 6.07 Å². The highest BCUT2D eigenvalue weighted by Gasteiger charge is 2.32. The Labute approximate surface area is 113 Å². The predicted molar refractivity (Wildman–Crippen MR) is 68.1 cm³/mol. The van der Waals surface area contributed by atoms with Gasteiger partial charge in [-0.1, -0.05) is 6.07 Å². The van der Waals surface area contributed by atoms with E-state index in [-0.39, 0.29) is 5.82 Å². The van der Waals surface area contributed by atoms with Crippen LogP contribution in [-0.2, 0) is 21.6 Å². The Balaban J connectivity index is 0.000000342. The molecule has 19 heavy (non-hydrogen) atoms. The third kappa shape index (κ3) is 4.84. The zero-order valence-electron chi connectivity index (χ0n) is 10.5. The molecule has 0 fully saturated rings. The summed E-state index contributed by atoms with van der Waals surface area (Å²) in [5.74, 6) is -0.241. The summed E-state index contributed by atoms with van der Waals surface area (Å²) < 4.78 is 59.9. The molecule has 0 saturated carbocycles. The number of nitrogens with zero attached hydrogens (tertiary/aromatic N) is 1. The van der Waals surface area contributed by atoms with Crippen molar-refractivity contribution in [3.05, 3.63) is 29.6 Å². The van der Waals surface area contributed by atoms with Gasteiger partial charge in [-0.3, -0.25) is 0 Å². The lowest BCUT2D eigenvalue weighted by Crippen LogP contribution is -2.46. The molecule has 0 heterocycles. The summed E-state index contributed by atoms with van der Waals surface area (Å²) in [7, 11) is -2.91. The van der Waals surface area contributed by atoms with Crippen molar-refractivity contribution in [1.29, 1.82) is 0 Å². The van der Waals surface area contributed by atoms with E-state index >= 15 is 0 Å². The molecule has 3 N–H and O–H groups in total. The Hall–Kier alpha value is -1.07. The van der Waals surface area contributed by atoms with E-state index < -0.39 is 24.9 Å². The zero-order chi connectivity index (χ0) is 15.4. The van der Waals surface area contributed by atoms with E-state index in [9.17, 15) is 21.6 Å². The molecule has 0 aromatic heterocycles. The van der Waals surface area contributed by atoms with E-state index in [1.54, 1.807) is 19.1 Å². The van der Waals surface area contributed by atoms with Crippen molar-refractivity contribution < 1.29 is 29.4 Å². The maximum absolute atomic E-state index is 12.5. The number of halogens is 1. The van der Waals surface area contributed by atoms with Crippen LogP contribution in [0.1, 0.15) is 5.56 Å². The minimum Gasteiger partial charge on any atom is -0.723 e. The van der Waals surface area contributed by atoms with Crippen LogP contribution < -0.4 is 5.73 Å². The molecule has 0 spiro atoms. The van der Waals surface area contributed by atoms with Gasteiger partial charge >= 0.3 is 10.3 Å². The lowest BCUT2D eigenvalue weighted by Gasteiger charge is -2.24. The molecule has 0 saturated heterocycles. The van der Waals surface area contributed by atoms with Crippen molar-refractivity contribution in [3.8, 4) is 0 Å². The van der Waals surface area contributed by atoms with Gasteiger partial charge in [0, 0.05) is 11.3 Å². The maximum atomic E-state index is 12.5. The van der Waals surface area contributed by atoms with Crippen molar-refractivity contribution in [2.75, 3.05) is 19.8 Å². The first-order valence-corrected chi connectivity index (χ1v) is 7.26. The largest absolute Gasteiger partial charge is 0.723 e. The van der Waals surface area contributed by atoms with Crippen molar-refractivity contribution in [3.63, 3.8) is 0 Å². The smallest absolute Gasteiger partial charge is 0.444 e. The normalized spacial score (nSPS) is 13.4. The number of nitrogens with two attached hydrogens (primary N) is 1. The molecule has 1 rings (SSSR count). The SMILES string of the molecule is C[N+](C)(S(=O)[O-])S(=O)(=O)O.Cc1c(N)cccc1F. The van der Waals surface area contributed by atoms with Crippen molar-refractivity contribution >= 4 is 27.3 Å². The predicted octanol–water partition coefficient (Wildman–Crippen LogP) is 0.376. The van der Waals surface area contributed by atoms with Crippen LogP contribution in [0.4, 0.5) is 10.1 Å². The summed E-state index contributed by atoms with van der Waals surface area (Å²) in [6.07, 6.45) is 0. The second-order valence-corrected chi connectivity index (χ2v) is 7.26. The molecular weight excluding hydrogens is 299 g/mol. The van der Waals surface area contributed by atoms with Gasteiger partial charge in [-0.15, -0.1) is 11.7 Å².